The molecule has 1 aliphatic rings. The highest BCUT2D eigenvalue weighted by Gasteiger charge is 2.19. The normalized spacial score (nSPS) is 16.4. The summed E-state index contributed by atoms with van der Waals surface area (Å²) in [6.07, 6.45) is 4.43. The van der Waals surface area contributed by atoms with Gasteiger partial charge in [-0.1, -0.05) is 12.1 Å². The Bertz CT molecular complexity index is 910. The molecule has 8 heteroatoms. The highest BCUT2D eigenvalue weighted by atomic mass is 32.1. The number of hydrogen-bond acceptors (Lipinski definition) is 5. The molecule has 0 radical (unpaired) electrons. The van der Waals surface area contributed by atoms with Crippen molar-refractivity contribution in [1.82, 2.24) is 30.1 Å². The van der Waals surface area contributed by atoms with Gasteiger partial charge in [0.05, 0.1) is 0 Å². The highest BCUT2D eigenvalue weighted by molar-refractivity contribution is 7.09. The van der Waals surface area contributed by atoms with Gasteiger partial charge in [-0.05, 0) is 62.4 Å². The Kier molecular flexibility index (Phi) is 6.74. The Balaban J connectivity index is 1.27. The van der Waals surface area contributed by atoms with Gasteiger partial charge in [0.1, 0.15) is 6.54 Å². The van der Waals surface area contributed by atoms with Crippen LogP contribution in [0.1, 0.15) is 30.5 Å². The zero-order valence-electron chi connectivity index (χ0n) is 16.9. The second kappa shape index (κ2) is 9.84. The van der Waals surface area contributed by atoms with Crippen LogP contribution in [0.15, 0.2) is 46.9 Å². The van der Waals surface area contributed by atoms with E-state index in [2.05, 4.69) is 50.2 Å². The smallest absolute Gasteiger partial charge is 0.191 e. The molecular weight excluding hydrogens is 382 g/mol. The highest BCUT2D eigenvalue weighted by Crippen LogP contribution is 2.20. The van der Waals surface area contributed by atoms with Crippen LogP contribution in [-0.4, -0.2) is 51.6 Å². The maximum Gasteiger partial charge on any atom is 0.191 e. The van der Waals surface area contributed by atoms with Gasteiger partial charge in [0, 0.05) is 30.7 Å². The molecule has 0 unspecified atom stereocenters. The third kappa shape index (κ3) is 5.33. The van der Waals surface area contributed by atoms with Gasteiger partial charge in [0.25, 0.3) is 0 Å². The standard InChI is InChI=1S/C21H29N7S/c1-2-22-21(24-15-20-26-25-19-7-3-4-10-28(19)20)23-14-17-8-11-27(12-9-17)16-18-6-5-13-29-18/h3-7,10,13,17H,2,8-9,11-12,14-16H2,1H3,(H2,22,23,24). The zero-order chi connectivity index (χ0) is 19.9. The maximum absolute atomic E-state index is 4.72. The van der Waals surface area contributed by atoms with Gasteiger partial charge < -0.3 is 10.6 Å². The van der Waals surface area contributed by atoms with Gasteiger partial charge in [0.15, 0.2) is 17.4 Å². The van der Waals surface area contributed by atoms with E-state index in [1.54, 1.807) is 0 Å². The van der Waals surface area contributed by atoms with E-state index >= 15 is 0 Å². The van der Waals surface area contributed by atoms with Gasteiger partial charge in [-0.25, -0.2) is 4.99 Å². The van der Waals surface area contributed by atoms with Crippen LogP contribution in [0.5, 0.6) is 0 Å². The van der Waals surface area contributed by atoms with Crippen molar-refractivity contribution in [1.29, 1.82) is 0 Å². The fraction of sp³-hybridized carbons (Fsp3) is 0.476. The molecule has 0 aromatic carbocycles. The van der Waals surface area contributed by atoms with E-state index in [4.69, 9.17) is 4.99 Å². The monoisotopic (exact) mass is 411 g/mol. The molecule has 3 aromatic rings. The van der Waals surface area contributed by atoms with Crippen molar-refractivity contribution in [3.05, 3.63) is 52.6 Å². The Morgan fingerprint density at radius 2 is 2.07 bits per heavy atom. The maximum atomic E-state index is 4.72. The van der Waals surface area contributed by atoms with Crippen molar-refractivity contribution >= 4 is 22.9 Å². The third-order valence-electron chi connectivity index (χ3n) is 5.33. The predicted molar refractivity (Wildman–Crippen MR) is 118 cm³/mol. The summed E-state index contributed by atoms with van der Waals surface area (Å²) in [5.41, 5.74) is 0.852. The summed E-state index contributed by atoms with van der Waals surface area (Å²) < 4.78 is 1.98. The van der Waals surface area contributed by atoms with Gasteiger partial charge in [-0.2, -0.15) is 0 Å². The number of thiophene rings is 1. The van der Waals surface area contributed by atoms with Crippen molar-refractivity contribution in [2.75, 3.05) is 26.2 Å². The first kappa shape index (κ1) is 19.8. The molecular formula is C21H29N7S. The lowest BCUT2D eigenvalue weighted by molar-refractivity contribution is 0.179. The van der Waals surface area contributed by atoms with Crippen LogP contribution in [-0.2, 0) is 13.1 Å². The van der Waals surface area contributed by atoms with Crippen LogP contribution in [0.3, 0.4) is 0 Å². The molecule has 154 valence electrons. The summed E-state index contributed by atoms with van der Waals surface area (Å²) in [4.78, 5) is 8.75. The number of hydrogen-bond donors (Lipinski definition) is 2. The number of nitrogens with one attached hydrogen (secondary N) is 2. The van der Waals surface area contributed by atoms with E-state index in [1.807, 2.05) is 40.1 Å². The second-order valence-corrected chi connectivity index (χ2v) is 8.45. The molecule has 4 rings (SSSR count). The van der Waals surface area contributed by atoms with Crippen molar-refractivity contribution < 1.29 is 0 Å². The number of aliphatic imine (C=N–C) groups is 1. The zero-order valence-corrected chi connectivity index (χ0v) is 17.7. The molecule has 0 bridgehead atoms. The van der Waals surface area contributed by atoms with Crippen molar-refractivity contribution in [3.8, 4) is 0 Å². The van der Waals surface area contributed by atoms with Crippen LogP contribution in [0, 0.1) is 5.92 Å². The topological polar surface area (TPSA) is 69.8 Å². The summed E-state index contributed by atoms with van der Waals surface area (Å²) in [5.74, 6) is 2.38. The molecule has 0 amide bonds. The first-order valence-corrected chi connectivity index (χ1v) is 11.3. The average molecular weight is 412 g/mol. The van der Waals surface area contributed by atoms with Gasteiger partial charge in [-0.15, -0.1) is 21.5 Å². The minimum atomic E-state index is 0.500. The summed E-state index contributed by atoms with van der Waals surface area (Å²) in [5, 5.41) is 17.5. The number of piperidine rings is 1. The minimum absolute atomic E-state index is 0.500. The molecule has 1 aliphatic heterocycles. The third-order valence-corrected chi connectivity index (χ3v) is 6.19. The van der Waals surface area contributed by atoms with Crippen molar-refractivity contribution in [2.45, 2.75) is 32.9 Å². The summed E-state index contributed by atoms with van der Waals surface area (Å²) in [6, 6.07) is 10.3. The SMILES string of the molecule is CCNC(=NCc1nnc2ccccn12)NCC1CCN(Cc2cccs2)CC1. The molecule has 3 aromatic heterocycles. The van der Waals surface area contributed by atoms with Crippen LogP contribution in [0.4, 0.5) is 0 Å². The largest absolute Gasteiger partial charge is 0.357 e. The Morgan fingerprint density at radius 3 is 2.86 bits per heavy atom. The summed E-state index contributed by atoms with van der Waals surface area (Å²) in [6.45, 7) is 7.82. The lowest BCUT2D eigenvalue weighted by Gasteiger charge is -2.32. The van der Waals surface area contributed by atoms with Gasteiger partial charge in [0.2, 0.25) is 0 Å². The van der Waals surface area contributed by atoms with Crippen LogP contribution in [0.2, 0.25) is 0 Å². The van der Waals surface area contributed by atoms with Crippen molar-refractivity contribution in [3.63, 3.8) is 0 Å². The number of pyridine rings is 1. The lowest BCUT2D eigenvalue weighted by atomic mass is 9.97. The average Bonchev–Trinajstić information content (AvgIpc) is 3.41. The lowest BCUT2D eigenvalue weighted by Crippen LogP contribution is -2.42. The molecule has 7 nitrogen and oxygen atoms in total. The molecule has 0 spiro atoms. The molecule has 2 N–H and O–H groups in total. The van der Waals surface area contributed by atoms with E-state index < -0.39 is 0 Å². The fourth-order valence-corrected chi connectivity index (χ4v) is 4.45. The number of aromatic nitrogens is 3. The molecule has 0 saturated carbocycles. The molecule has 1 fully saturated rings. The number of likely N-dealkylation sites (tertiary alicyclic amines) is 1. The molecule has 1 saturated heterocycles. The number of fused-ring (bicyclic) bond motifs is 1. The van der Waals surface area contributed by atoms with Gasteiger partial charge in [-0.3, -0.25) is 9.30 Å². The predicted octanol–water partition coefficient (Wildman–Crippen LogP) is 2.76. The Labute approximate surface area is 175 Å². The van der Waals surface area contributed by atoms with E-state index in [0.717, 1.165) is 37.1 Å². The first-order valence-electron chi connectivity index (χ1n) is 10.4. The minimum Gasteiger partial charge on any atom is -0.357 e. The van der Waals surface area contributed by atoms with Gasteiger partial charge >= 0.3 is 0 Å². The molecule has 4 heterocycles. The Hall–Kier alpha value is -2.45. The number of guanidine groups is 1. The fourth-order valence-electron chi connectivity index (χ4n) is 3.70. The molecule has 0 aliphatic carbocycles. The quantitative estimate of drug-likeness (QED) is 0.462. The molecule has 29 heavy (non-hydrogen) atoms. The van der Waals surface area contributed by atoms with Crippen LogP contribution in [0.25, 0.3) is 5.65 Å². The van der Waals surface area contributed by atoms with E-state index in [0.29, 0.717) is 12.5 Å². The second-order valence-electron chi connectivity index (χ2n) is 7.42. The summed E-state index contributed by atoms with van der Waals surface area (Å²) >= 11 is 1.85. The first-order chi connectivity index (χ1) is 14.3. The van der Waals surface area contributed by atoms with Crippen LogP contribution >= 0.6 is 11.3 Å². The van der Waals surface area contributed by atoms with E-state index in [1.165, 1.54) is 30.8 Å². The summed E-state index contributed by atoms with van der Waals surface area (Å²) in [7, 11) is 0. The number of rotatable bonds is 7. The Morgan fingerprint density at radius 1 is 1.17 bits per heavy atom. The van der Waals surface area contributed by atoms with E-state index in [9.17, 15) is 0 Å². The van der Waals surface area contributed by atoms with E-state index in [-0.39, 0.29) is 0 Å². The molecule has 0 atom stereocenters. The van der Waals surface area contributed by atoms with Crippen LogP contribution < -0.4 is 10.6 Å². The van der Waals surface area contributed by atoms with Crippen molar-refractivity contribution in [2.24, 2.45) is 10.9 Å². The number of nitrogens with zero attached hydrogens (tertiary/aromatic N) is 5.